The minimum absolute atomic E-state index is 0.0331. The molecule has 120 valence electrons. The van der Waals surface area contributed by atoms with Crippen LogP contribution in [0.2, 0.25) is 0 Å². The van der Waals surface area contributed by atoms with Gasteiger partial charge in [-0.25, -0.2) is 0 Å². The van der Waals surface area contributed by atoms with Gasteiger partial charge in [0.15, 0.2) is 0 Å². The average molecular weight is 305 g/mol. The molecule has 1 rings (SSSR count). The minimum atomic E-state index is -4.20. The topological polar surface area (TPSA) is 47.3 Å². The fourth-order valence-corrected chi connectivity index (χ4v) is 2.53. The number of likely N-dealkylation sites (tertiary alicyclic amines) is 1. The highest BCUT2D eigenvalue weighted by Crippen LogP contribution is 2.25. The zero-order valence-electron chi connectivity index (χ0n) is 12.7. The normalized spacial score (nSPS) is 19.9. The van der Waals surface area contributed by atoms with Crippen molar-refractivity contribution in [2.24, 2.45) is 11.3 Å². The first-order valence-electron chi connectivity index (χ1n) is 7.08. The van der Waals surface area contributed by atoms with Gasteiger partial charge in [0.2, 0.25) is 5.91 Å². The van der Waals surface area contributed by atoms with Crippen molar-refractivity contribution in [1.29, 1.82) is 5.26 Å². The number of nitrogens with zero attached hydrogens (tertiary/aromatic N) is 3. The summed E-state index contributed by atoms with van der Waals surface area (Å²) in [5.74, 6) is -0.211. The van der Waals surface area contributed by atoms with Gasteiger partial charge in [-0.3, -0.25) is 9.69 Å². The molecular weight excluding hydrogens is 283 g/mol. The van der Waals surface area contributed by atoms with Crippen LogP contribution in [-0.2, 0) is 4.79 Å². The summed E-state index contributed by atoms with van der Waals surface area (Å²) in [5, 5.41) is 8.97. The van der Waals surface area contributed by atoms with Crippen molar-refractivity contribution in [3.63, 3.8) is 0 Å². The summed E-state index contributed by atoms with van der Waals surface area (Å²) >= 11 is 0. The number of carbonyl (C=O) groups is 1. The van der Waals surface area contributed by atoms with Crippen LogP contribution in [0.25, 0.3) is 0 Å². The maximum Gasteiger partial charge on any atom is 0.401 e. The maximum absolute atomic E-state index is 12.4. The highest BCUT2D eigenvalue weighted by Gasteiger charge is 2.37. The quantitative estimate of drug-likeness (QED) is 0.783. The van der Waals surface area contributed by atoms with Crippen molar-refractivity contribution in [3.8, 4) is 6.07 Å². The molecule has 1 saturated heterocycles. The molecule has 21 heavy (non-hydrogen) atoms. The van der Waals surface area contributed by atoms with Crippen LogP contribution in [0, 0.1) is 22.7 Å². The molecular formula is C14H22F3N3O. The van der Waals surface area contributed by atoms with E-state index < -0.39 is 18.1 Å². The standard InChI is InChI=1S/C14H22F3N3O/c1-4-19(10-14(15,16)17)7-11-5-6-20(8-11)12(21)13(2,3)9-18/h11H,4-8,10H2,1-3H3/t11-/m1/s1. The summed E-state index contributed by atoms with van der Waals surface area (Å²) in [6.45, 7) is 5.49. The fourth-order valence-electron chi connectivity index (χ4n) is 2.53. The zero-order chi connectivity index (χ0) is 16.3. The number of amides is 1. The van der Waals surface area contributed by atoms with E-state index in [0.29, 0.717) is 32.6 Å². The smallest absolute Gasteiger partial charge is 0.341 e. The van der Waals surface area contributed by atoms with Crippen molar-refractivity contribution >= 4 is 5.91 Å². The number of alkyl halides is 3. The number of hydrogen-bond donors (Lipinski definition) is 0. The first kappa shape index (κ1) is 17.8. The largest absolute Gasteiger partial charge is 0.401 e. The molecule has 0 radical (unpaired) electrons. The molecule has 0 N–H and O–H groups in total. The number of nitriles is 1. The number of rotatable bonds is 5. The van der Waals surface area contributed by atoms with Gasteiger partial charge < -0.3 is 4.90 Å². The van der Waals surface area contributed by atoms with Crippen LogP contribution in [0.1, 0.15) is 27.2 Å². The zero-order valence-corrected chi connectivity index (χ0v) is 12.7. The highest BCUT2D eigenvalue weighted by molar-refractivity contribution is 5.84. The second-order valence-corrected chi connectivity index (χ2v) is 6.09. The fraction of sp³-hybridized carbons (Fsp3) is 0.857. The van der Waals surface area contributed by atoms with Crippen LogP contribution >= 0.6 is 0 Å². The third-order valence-electron chi connectivity index (χ3n) is 3.75. The summed E-state index contributed by atoms with van der Waals surface area (Å²) < 4.78 is 37.3. The predicted molar refractivity (Wildman–Crippen MR) is 72.3 cm³/mol. The summed E-state index contributed by atoms with van der Waals surface area (Å²) in [7, 11) is 0. The van der Waals surface area contributed by atoms with Crippen LogP contribution in [0.5, 0.6) is 0 Å². The highest BCUT2D eigenvalue weighted by atomic mass is 19.4. The molecule has 4 nitrogen and oxygen atoms in total. The lowest BCUT2D eigenvalue weighted by molar-refractivity contribution is -0.147. The van der Waals surface area contributed by atoms with Crippen LogP contribution in [-0.4, -0.2) is 54.6 Å². The van der Waals surface area contributed by atoms with E-state index in [0.717, 1.165) is 0 Å². The van der Waals surface area contributed by atoms with Crippen molar-refractivity contribution in [1.82, 2.24) is 9.80 Å². The molecule has 0 aromatic rings. The first-order valence-corrected chi connectivity index (χ1v) is 7.08. The Morgan fingerprint density at radius 1 is 1.43 bits per heavy atom. The van der Waals surface area contributed by atoms with Crippen LogP contribution in [0.15, 0.2) is 0 Å². The molecule has 0 spiro atoms. The third-order valence-corrected chi connectivity index (χ3v) is 3.75. The lowest BCUT2D eigenvalue weighted by Gasteiger charge is -2.26. The lowest BCUT2D eigenvalue weighted by atomic mass is 9.94. The number of carbonyl (C=O) groups excluding carboxylic acids is 1. The monoisotopic (exact) mass is 305 g/mol. The van der Waals surface area contributed by atoms with Gasteiger partial charge in [0, 0.05) is 19.6 Å². The Morgan fingerprint density at radius 3 is 2.52 bits per heavy atom. The van der Waals surface area contributed by atoms with Crippen molar-refractivity contribution in [3.05, 3.63) is 0 Å². The molecule has 1 heterocycles. The summed E-state index contributed by atoms with van der Waals surface area (Å²) in [6.07, 6.45) is -3.52. The van der Waals surface area contributed by atoms with Crippen LogP contribution < -0.4 is 0 Å². The van der Waals surface area contributed by atoms with E-state index in [1.807, 2.05) is 6.07 Å². The van der Waals surface area contributed by atoms with Gasteiger partial charge in [0.05, 0.1) is 12.6 Å². The predicted octanol–water partition coefficient (Wildman–Crippen LogP) is 2.27. The average Bonchev–Trinajstić information content (AvgIpc) is 2.83. The Morgan fingerprint density at radius 2 is 2.05 bits per heavy atom. The van der Waals surface area contributed by atoms with Crippen LogP contribution in [0.4, 0.5) is 13.2 Å². The van der Waals surface area contributed by atoms with Gasteiger partial charge in [-0.2, -0.15) is 18.4 Å². The van der Waals surface area contributed by atoms with E-state index >= 15 is 0 Å². The van der Waals surface area contributed by atoms with Crippen molar-refractivity contribution < 1.29 is 18.0 Å². The molecule has 0 aromatic heterocycles. The van der Waals surface area contributed by atoms with E-state index in [1.54, 1.807) is 25.7 Å². The molecule has 1 fully saturated rings. The molecule has 0 aliphatic carbocycles. The van der Waals surface area contributed by atoms with E-state index in [2.05, 4.69) is 0 Å². The third kappa shape index (κ3) is 5.20. The molecule has 1 amide bonds. The molecule has 0 unspecified atom stereocenters. The van der Waals surface area contributed by atoms with E-state index in [9.17, 15) is 18.0 Å². The second kappa shape index (κ2) is 6.65. The Hall–Kier alpha value is -1.29. The van der Waals surface area contributed by atoms with Gasteiger partial charge in [-0.05, 0) is 32.7 Å². The van der Waals surface area contributed by atoms with Gasteiger partial charge in [-0.1, -0.05) is 6.92 Å². The number of halogens is 3. The molecule has 1 aliphatic rings. The van der Waals surface area contributed by atoms with Gasteiger partial charge >= 0.3 is 6.18 Å². The minimum Gasteiger partial charge on any atom is -0.341 e. The summed E-state index contributed by atoms with van der Waals surface area (Å²) in [5.41, 5.74) is -1.08. The molecule has 7 heteroatoms. The molecule has 1 aliphatic heterocycles. The van der Waals surface area contributed by atoms with Gasteiger partial charge in [0.25, 0.3) is 0 Å². The Bertz CT molecular complexity index is 415. The van der Waals surface area contributed by atoms with E-state index in [-0.39, 0.29) is 11.8 Å². The molecule has 0 bridgehead atoms. The number of hydrogen-bond acceptors (Lipinski definition) is 3. The molecule has 0 saturated carbocycles. The SMILES string of the molecule is CCN(C[C@H]1CCN(C(=O)C(C)(C)C#N)C1)CC(F)(F)F. The first-order chi connectivity index (χ1) is 9.59. The van der Waals surface area contributed by atoms with Gasteiger partial charge in [0.1, 0.15) is 5.41 Å². The summed E-state index contributed by atoms with van der Waals surface area (Å²) in [4.78, 5) is 15.1. The van der Waals surface area contributed by atoms with Crippen LogP contribution in [0.3, 0.4) is 0 Å². The Balaban J connectivity index is 2.55. The van der Waals surface area contributed by atoms with Crippen molar-refractivity contribution in [2.45, 2.75) is 33.4 Å². The van der Waals surface area contributed by atoms with Gasteiger partial charge in [-0.15, -0.1) is 0 Å². The second-order valence-electron chi connectivity index (χ2n) is 6.09. The Kier molecular flexibility index (Phi) is 5.62. The van der Waals surface area contributed by atoms with E-state index in [4.69, 9.17) is 5.26 Å². The van der Waals surface area contributed by atoms with E-state index in [1.165, 1.54) is 4.90 Å². The van der Waals surface area contributed by atoms with Crippen molar-refractivity contribution in [2.75, 3.05) is 32.7 Å². The molecule has 1 atom stereocenters. The summed E-state index contributed by atoms with van der Waals surface area (Å²) in [6, 6.07) is 1.97. The maximum atomic E-state index is 12.4. The Labute approximate surface area is 123 Å². The lowest BCUT2D eigenvalue weighted by Crippen LogP contribution is -2.41. The molecule has 0 aromatic carbocycles.